The number of nitrogens with one attached hydrogen (secondary N) is 1. The van der Waals surface area contributed by atoms with Crippen LogP contribution in [0.15, 0.2) is 41.2 Å². The van der Waals surface area contributed by atoms with E-state index in [2.05, 4.69) is 5.32 Å². The first-order chi connectivity index (χ1) is 11.5. The van der Waals surface area contributed by atoms with Gasteiger partial charge < -0.3 is 14.6 Å². The molecular weight excluding hydrogens is 328 g/mol. The molecule has 2 aromatic rings. The molecule has 0 bridgehead atoms. The number of likely N-dealkylation sites (tertiary alicyclic amines) is 1. The van der Waals surface area contributed by atoms with Gasteiger partial charge in [-0.15, -0.1) is 0 Å². The van der Waals surface area contributed by atoms with Gasteiger partial charge in [0.25, 0.3) is 5.91 Å². The summed E-state index contributed by atoms with van der Waals surface area (Å²) in [5, 5.41) is 3.59. The molecule has 1 N–H and O–H groups in total. The lowest BCUT2D eigenvalue weighted by atomic mass is 9.96. The summed E-state index contributed by atoms with van der Waals surface area (Å²) in [6.45, 7) is 2.98. The molecule has 0 aliphatic carbocycles. The molecule has 6 heteroatoms. The van der Waals surface area contributed by atoms with Crippen LogP contribution in [0.5, 0.6) is 0 Å². The van der Waals surface area contributed by atoms with Crippen molar-refractivity contribution < 1.29 is 14.0 Å². The highest BCUT2D eigenvalue weighted by molar-refractivity contribution is 6.30. The van der Waals surface area contributed by atoms with Gasteiger partial charge in [-0.25, -0.2) is 0 Å². The molecular formula is C18H19ClN2O3. The Labute approximate surface area is 145 Å². The summed E-state index contributed by atoms with van der Waals surface area (Å²) in [5.74, 6) is -0.376. The zero-order chi connectivity index (χ0) is 17.1. The molecule has 2 amide bonds. The standard InChI is InChI=1S/C18H19ClN2O3/c1-12-9-15(19)4-5-16(12)20-17(22)13-3-2-7-21(10-13)18(23)14-6-8-24-11-14/h4-6,8-9,11,13H,2-3,7,10H2,1H3,(H,20,22). The number of anilines is 1. The lowest BCUT2D eigenvalue weighted by Crippen LogP contribution is -2.43. The van der Waals surface area contributed by atoms with Gasteiger partial charge in [-0.05, 0) is 49.6 Å². The Morgan fingerprint density at radius 3 is 2.88 bits per heavy atom. The van der Waals surface area contributed by atoms with Crippen LogP contribution < -0.4 is 5.32 Å². The fourth-order valence-electron chi connectivity index (χ4n) is 2.95. The van der Waals surface area contributed by atoms with E-state index < -0.39 is 0 Å². The maximum absolute atomic E-state index is 12.6. The second-order valence-corrected chi connectivity index (χ2v) is 6.49. The first-order valence-electron chi connectivity index (χ1n) is 7.93. The summed E-state index contributed by atoms with van der Waals surface area (Å²) in [5.41, 5.74) is 2.19. The van der Waals surface area contributed by atoms with Gasteiger partial charge in [-0.1, -0.05) is 11.6 Å². The van der Waals surface area contributed by atoms with E-state index in [1.165, 1.54) is 12.5 Å². The van der Waals surface area contributed by atoms with E-state index in [9.17, 15) is 9.59 Å². The summed E-state index contributed by atoms with van der Waals surface area (Å²) in [7, 11) is 0. The molecule has 24 heavy (non-hydrogen) atoms. The minimum Gasteiger partial charge on any atom is -0.472 e. The number of rotatable bonds is 3. The predicted molar refractivity (Wildman–Crippen MR) is 92.2 cm³/mol. The molecule has 5 nitrogen and oxygen atoms in total. The van der Waals surface area contributed by atoms with Crippen LogP contribution in [0.4, 0.5) is 5.69 Å². The highest BCUT2D eigenvalue weighted by Crippen LogP contribution is 2.23. The van der Waals surface area contributed by atoms with Crippen LogP contribution in [0.2, 0.25) is 5.02 Å². The van der Waals surface area contributed by atoms with Crippen LogP contribution >= 0.6 is 11.6 Å². The maximum Gasteiger partial charge on any atom is 0.257 e. The van der Waals surface area contributed by atoms with Crippen molar-refractivity contribution in [3.05, 3.63) is 52.9 Å². The van der Waals surface area contributed by atoms with Gasteiger partial charge in [0.15, 0.2) is 0 Å². The van der Waals surface area contributed by atoms with E-state index >= 15 is 0 Å². The number of amides is 2. The molecule has 2 heterocycles. The Hall–Kier alpha value is -2.27. The Balaban J connectivity index is 1.65. The first kappa shape index (κ1) is 16.6. The number of nitrogens with zero attached hydrogens (tertiary/aromatic N) is 1. The largest absolute Gasteiger partial charge is 0.472 e. The van der Waals surface area contributed by atoms with Crippen LogP contribution in [0, 0.1) is 12.8 Å². The molecule has 1 aromatic heterocycles. The van der Waals surface area contributed by atoms with Crippen LogP contribution in [0.25, 0.3) is 0 Å². The van der Waals surface area contributed by atoms with Crippen LogP contribution in [-0.4, -0.2) is 29.8 Å². The number of hydrogen-bond donors (Lipinski definition) is 1. The third kappa shape index (κ3) is 3.62. The quantitative estimate of drug-likeness (QED) is 0.921. The van der Waals surface area contributed by atoms with Crippen molar-refractivity contribution in [1.29, 1.82) is 0 Å². The number of benzene rings is 1. The fraction of sp³-hybridized carbons (Fsp3) is 0.333. The molecule has 1 unspecified atom stereocenters. The predicted octanol–water partition coefficient (Wildman–Crippen LogP) is 3.73. The summed E-state index contributed by atoms with van der Waals surface area (Å²) in [6.07, 6.45) is 4.49. The third-order valence-corrected chi connectivity index (χ3v) is 4.53. The number of carbonyl (C=O) groups is 2. The van der Waals surface area contributed by atoms with E-state index in [1.54, 1.807) is 23.1 Å². The molecule has 1 saturated heterocycles. The number of halogens is 1. The smallest absolute Gasteiger partial charge is 0.257 e. The number of carbonyl (C=O) groups excluding carboxylic acids is 2. The summed E-state index contributed by atoms with van der Waals surface area (Å²) in [4.78, 5) is 26.7. The van der Waals surface area contributed by atoms with Gasteiger partial charge >= 0.3 is 0 Å². The summed E-state index contributed by atoms with van der Waals surface area (Å²) >= 11 is 5.94. The first-order valence-corrected chi connectivity index (χ1v) is 8.31. The van der Waals surface area contributed by atoms with Crippen molar-refractivity contribution in [1.82, 2.24) is 4.90 Å². The molecule has 3 rings (SSSR count). The lowest BCUT2D eigenvalue weighted by molar-refractivity contribution is -0.121. The Morgan fingerprint density at radius 2 is 2.17 bits per heavy atom. The molecule has 0 saturated carbocycles. The number of piperidine rings is 1. The number of hydrogen-bond acceptors (Lipinski definition) is 3. The number of furan rings is 1. The van der Waals surface area contributed by atoms with Gasteiger partial charge in [-0.2, -0.15) is 0 Å². The average molecular weight is 347 g/mol. The minimum atomic E-state index is -0.218. The average Bonchev–Trinajstić information content (AvgIpc) is 3.11. The van der Waals surface area contributed by atoms with Gasteiger partial charge in [0, 0.05) is 23.8 Å². The molecule has 1 fully saturated rings. The highest BCUT2D eigenvalue weighted by atomic mass is 35.5. The van der Waals surface area contributed by atoms with Crippen molar-refractivity contribution in [2.24, 2.45) is 5.92 Å². The Kier molecular flexibility index (Phi) is 4.90. The SMILES string of the molecule is Cc1cc(Cl)ccc1NC(=O)C1CCCN(C(=O)c2ccoc2)C1. The molecule has 1 aliphatic rings. The second kappa shape index (κ2) is 7.09. The van der Waals surface area contributed by atoms with Crippen molar-refractivity contribution in [3.63, 3.8) is 0 Å². The van der Waals surface area contributed by atoms with Gasteiger partial charge in [0.1, 0.15) is 6.26 Å². The molecule has 1 atom stereocenters. The number of aryl methyl sites for hydroxylation is 1. The Bertz CT molecular complexity index is 743. The molecule has 1 aliphatic heterocycles. The van der Waals surface area contributed by atoms with Crippen molar-refractivity contribution in [3.8, 4) is 0 Å². The zero-order valence-electron chi connectivity index (χ0n) is 13.4. The molecule has 0 radical (unpaired) electrons. The van der Waals surface area contributed by atoms with Crippen LogP contribution in [-0.2, 0) is 4.79 Å². The third-order valence-electron chi connectivity index (χ3n) is 4.29. The summed E-state index contributed by atoms with van der Waals surface area (Å²) < 4.78 is 4.96. The topological polar surface area (TPSA) is 62.6 Å². The Morgan fingerprint density at radius 1 is 1.33 bits per heavy atom. The van der Waals surface area contributed by atoms with Gasteiger partial charge in [0.05, 0.1) is 17.7 Å². The monoisotopic (exact) mass is 346 g/mol. The lowest BCUT2D eigenvalue weighted by Gasteiger charge is -2.32. The van der Waals surface area contributed by atoms with E-state index in [0.717, 1.165) is 24.1 Å². The van der Waals surface area contributed by atoms with E-state index in [4.69, 9.17) is 16.0 Å². The maximum atomic E-state index is 12.6. The molecule has 126 valence electrons. The molecule has 0 spiro atoms. The van der Waals surface area contributed by atoms with E-state index in [1.807, 2.05) is 13.0 Å². The van der Waals surface area contributed by atoms with E-state index in [0.29, 0.717) is 23.7 Å². The van der Waals surface area contributed by atoms with Crippen molar-refractivity contribution in [2.75, 3.05) is 18.4 Å². The normalized spacial score (nSPS) is 17.6. The van der Waals surface area contributed by atoms with Crippen LogP contribution in [0.3, 0.4) is 0 Å². The van der Waals surface area contributed by atoms with Gasteiger partial charge in [0.2, 0.25) is 5.91 Å². The zero-order valence-corrected chi connectivity index (χ0v) is 14.2. The van der Waals surface area contributed by atoms with E-state index in [-0.39, 0.29) is 17.7 Å². The summed E-state index contributed by atoms with van der Waals surface area (Å²) in [6, 6.07) is 7.00. The highest BCUT2D eigenvalue weighted by Gasteiger charge is 2.29. The van der Waals surface area contributed by atoms with Crippen molar-refractivity contribution >= 4 is 29.1 Å². The van der Waals surface area contributed by atoms with Crippen LogP contribution in [0.1, 0.15) is 28.8 Å². The minimum absolute atomic E-state index is 0.0647. The fourth-order valence-corrected chi connectivity index (χ4v) is 3.17. The molecule has 1 aromatic carbocycles. The van der Waals surface area contributed by atoms with Gasteiger partial charge in [-0.3, -0.25) is 9.59 Å². The second-order valence-electron chi connectivity index (χ2n) is 6.05. The van der Waals surface area contributed by atoms with Crippen molar-refractivity contribution in [2.45, 2.75) is 19.8 Å².